The van der Waals surface area contributed by atoms with E-state index in [1.54, 1.807) is 14.0 Å². The van der Waals surface area contributed by atoms with Gasteiger partial charge in [-0.15, -0.1) is 0 Å². The van der Waals surface area contributed by atoms with Gasteiger partial charge in [0, 0.05) is 11.5 Å². The van der Waals surface area contributed by atoms with E-state index < -0.39 is 5.97 Å². The van der Waals surface area contributed by atoms with Crippen LogP contribution in [0.1, 0.15) is 21.7 Å². The predicted octanol–water partition coefficient (Wildman–Crippen LogP) is 2.46. The first-order valence-corrected chi connectivity index (χ1v) is 7.38. The number of carbonyl (C=O) groups is 2. The molecule has 0 unspecified atom stereocenters. The zero-order valence-corrected chi connectivity index (χ0v) is 14.1. The van der Waals surface area contributed by atoms with E-state index in [9.17, 15) is 9.59 Å². The first-order valence-electron chi connectivity index (χ1n) is 6.58. The number of amides is 1. The average molecular weight is 366 g/mol. The molecule has 0 bridgehead atoms. The number of hydrogen-bond acceptors (Lipinski definition) is 4. The Morgan fingerprint density at radius 3 is 2.55 bits per heavy atom. The van der Waals surface area contributed by atoms with E-state index in [1.807, 2.05) is 24.3 Å². The Morgan fingerprint density at radius 2 is 1.95 bits per heavy atom. The molecule has 1 N–H and O–H groups in total. The van der Waals surface area contributed by atoms with E-state index in [4.69, 9.17) is 0 Å². The molecule has 6 nitrogen and oxygen atoms in total. The van der Waals surface area contributed by atoms with Gasteiger partial charge in [-0.25, -0.2) is 4.79 Å². The number of halogens is 1. The number of methoxy groups -OCH3 is 1. The summed E-state index contributed by atoms with van der Waals surface area (Å²) >= 11 is 3.35. The third-order valence-electron chi connectivity index (χ3n) is 3.26. The van der Waals surface area contributed by atoms with Crippen molar-refractivity contribution in [1.29, 1.82) is 0 Å². The molecule has 2 aromatic rings. The lowest BCUT2D eigenvalue weighted by molar-refractivity contribution is -0.115. The van der Waals surface area contributed by atoms with Crippen molar-refractivity contribution in [2.24, 2.45) is 7.05 Å². The molecule has 0 atom stereocenters. The van der Waals surface area contributed by atoms with Gasteiger partial charge in [-0.05, 0) is 24.6 Å². The fraction of sp³-hybridized carbons (Fsp3) is 0.267. The monoisotopic (exact) mass is 365 g/mol. The van der Waals surface area contributed by atoms with Gasteiger partial charge in [-0.1, -0.05) is 28.1 Å². The van der Waals surface area contributed by atoms with Crippen LogP contribution in [0.15, 0.2) is 28.7 Å². The van der Waals surface area contributed by atoms with E-state index in [1.165, 1.54) is 11.8 Å². The topological polar surface area (TPSA) is 73.2 Å². The zero-order valence-electron chi connectivity index (χ0n) is 12.5. The van der Waals surface area contributed by atoms with Crippen LogP contribution in [0.4, 0.5) is 5.69 Å². The van der Waals surface area contributed by atoms with Gasteiger partial charge >= 0.3 is 5.97 Å². The van der Waals surface area contributed by atoms with Crippen molar-refractivity contribution in [2.45, 2.75) is 13.3 Å². The summed E-state index contributed by atoms with van der Waals surface area (Å²) in [5, 5.41) is 6.82. The summed E-state index contributed by atoms with van der Waals surface area (Å²) in [6.07, 6.45) is 0.211. The fourth-order valence-corrected chi connectivity index (χ4v) is 2.23. The first kappa shape index (κ1) is 16.2. The Bertz CT molecular complexity index is 708. The molecule has 0 spiro atoms. The maximum absolute atomic E-state index is 12.2. The van der Waals surface area contributed by atoms with E-state index >= 15 is 0 Å². The van der Waals surface area contributed by atoms with Gasteiger partial charge in [0.25, 0.3) is 0 Å². The SMILES string of the molecule is COC(=O)c1nn(C)c(C)c1NC(=O)Cc1ccc(Br)cc1. The molecule has 1 aromatic carbocycles. The van der Waals surface area contributed by atoms with Crippen LogP contribution in [0.25, 0.3) is 0 Å². The van der Waals surface area contributed by atoms with Crippen LogP contribution in [0.5, 0.6) is 0 Å². The van der Waals surface area contributed by atoms with Crippen LogP contribution < -0.4 is 5.32 Å². The average Bonchev–Trinajstić information content (AvgIpc) is 2.77. The summed E-state index contributed by atoms with van der Waals surface area (Å²) in [5.41, 5.74) is 2.05. The van der Waals surface area contributed by atoms with Crippen molar-refractivity contribution in [3.05, 3.63) is 45.7 Å². The normalized spacial score (nSPS) is 10.4. The Balaban J connectivity index is 2.17. The quantitative estimate of drug-likeness (QED) is 0.844. The summed E-state index contributed by atoms with van der Waals surface area (Å²) in [6.45, 7) is 1.77. The summed E-state index contributed by atoms with van der Waals surface area (Å²) in [7, 11) is 2.98. The molecule has 0 aliphatic carbocycles. The molecule has 0 saturated heterocycles. The molecule has 1 amide bonds. The highest BCUT2D eigenvalue weighted by molar-refractivity contribution is 9.10. The summed E-state index contributed by atoms with van der Waals surface area (Å²) in [6, 6.07) is 7.47. The number of aryl methyl sites for hydroxylation is 1. The summed E-state index contributed by atoms with van der Waals surface area (Å²) < 4.78 is 7.17. The molecule has 0 saturated carbocycles. The molecule has 0 fully saturated rings. The van der Waals surface area contributed by atoms with Crippen molar-refractivity contribution in [3.8, 4) is 0 Å². The molecule has 7 heteroatoms. The van der Waals surface area contributed by atoms with Gasteiger partial charge in [-0.2, -0.15) is 5.10 Å². The minimum absolute atomic E-state index is 0.103. The Labute approximate surface area is 136 Å². The molecule has 116 valence electrons. The van der Waals surface area contributed by atoms with Crippen LogP contribution in [-0.4, -0.2) is 28.8 Å². The van der Waals surface area contributed by atoms with E-state index in [0.29, 0.717) is 11.4 Å². The van der Waals surface area contributed by atoms with Gasteiger partial charge in [0.2, 0.25) is 5.91 Å². The molecular weight excluding hydrogens is 350 g/mol. The minimum atomic E-state index is -0.581. The van der Waals surface area contributed by atoms with Crippen LogP contribution >= 0.6 is 15.9 Å². The second-order valence-electron chi connectivity index (χ2n) is 4.78. The molecule has 1 aromatic heterocycles. The number of nitrogens with one attached hydrogen (secondary N) is 1. The lowest BCUT2D eigenvalue weighted by Crippen LogP contribution is -2.17. The molecule has 2 rings (SSSR count). The standard InChI is InChI=1S/C15H16BrN3O3/c1-9-13(14(15(21)22-3)18-19(9)2)17-12(20)8-10-4-6-11(16)7-5-10/h4-7H,8H2,1-3H3,(H,17,20). The molecule has 22 heavy (non-hydrogen) atoms. The molecule has 1 heterocycles. The second kappa shape index (κ2) is 6.74. The molecule has 0 aliphatic heterocycles. The Morgan fingerprint density at radius 1 is 1.32 bits per heavy atom. The third-order valence-corrected chi connectivity index (χ3v) is 3.78. The third kappa shape index (κ3) is 3.54. The van der Waals surface area contributed by atoms with Gasteiger partial charge in [0.15, 0.2) is 5.69 Å². The number of esters is 1. The number of carbonyl (C=O) groups excluding carboxylic acids is 2. The highest BCUT2D eigenvalue weighted by Gasteiger charge is 2.21. The lowest BCUT2D eigenvalue weighted by Gasteiger charge is -2.06. The van der Waals surface area contributed by atoms with E-state index in [-0.39, 0.29) is 18.0 Å². The van der Waals surface area contributed by atoms with E-state index in [2.05, 4.69) is 31.1 Å². The summed E-state index contributed by atoms with van der Waals surface area (Å²) in [4.78, 5) is 23.9. The highest BCUT2D eigenvalue weighted by atomic mass is 79.9. The van der Waals surface area contributed by atoms with Gasteiger partial charge in [-0.3, -0.25) is 9.48 Å². The van der Waals surface area contributed by atoms with Crippen LogP contribution in [0.2, 0.25) is 0 Å². The largest absolute Gasteiger partial charge is 0.464 e. The van der Waals surface area contributed by atoms with Crippen molar-refractivity contribution in [1.82, 2.24) is 9.78 Å². The zero-order chi connectivity index (χ0) is 16.3. The van der Waals surface area contributed by atoms with Gasteiger partial charge in [0.05, 0.1) is 24.9 Å². The smallest absolute Gasteiger partial charge is 0.360 e. The van der Waals surface area contributed by atoms with Crippen LogP contribution in [0.3, 0.4) is 0 Å². The Kier molecular flexibility index (Phi) is 4.97. The number of nitrogens with zero attached hydrogens (tertiary/aromatic N) is 2. The number of ether oxygens (including phenoxy) is 1. The van der Waals surface area contributed by atoms with Crippen molar-refractivity contribution in [2.75, 3.05) is 12.4 Å². The van der Waals surface area contributed by atoms with Gasteiger partial charge in [0.1, 0.15) is 0 Å². The second-order valence-corrected chi connectivity index (χ2v) is 5.69. The van der Waals surface area contributed by atoms with Crippen molar-refractivity contribution < 1.29 is 14.3 Å². The number of anilines is 1. The lowest BCUT2D eigenvalue weighted by atomic mass is 10.1. The maximum Gasteiger partial charge on any atom is 0.360 e. The fourth-order valence-electron chi connectivity index (χ4n) is 1.97. The molecule has 0 radical (unpaired) electrons. The van der Waals surface area contributed by atoms with Crippen LogP contribution in [-0.2, 0) is 23.0 Å². The highest BCUT2D eigenvalue weighted by Crippen LogP contribution is 2.21. The number of aromatic nitrogens is 2. The number of rotatable bonds is 4. The molecule has 0 aliphatic rings. The molecular formula is C15H16BrN3O3. The van der Waals surface area contributed by atoms with Gasteiger partial charge < -0.3 is 10.1 Å². The van der Waals surface area contributed by atoms with Crippen LogP contribution in [0, 0.1) is 6.92 Å². The number of benzene rings is 1. The van der Waals surface area contributed by atoms with Crippen molar-refractivity contribution >= 4 is 33.5 Å². The minimum Gasteiger partial charge on any atom is -0.464 e. The maximum atomic E-state index is 12.2. The predicted molar refractivity (Wildman–Crippen MR) is 85.8 cm³/mol. The number of hydrogen-bond donors (Lipinski definition) is 1. The first-order chi connectivity index (χ1) is 10.4. The van der Waals surface area contributed by atoms with E-state index in [0.717, 1.165) is 10.0 Å². The Hall–Kier alpha value is -2.15. The summed E-state index contributed by atoms with van der Waals surface area (Å²) in [5.74, 6) is -0.800. The van der Waals surface area contributed by atoms with Crippen molar-refractivity contribution in [3.63, 3.8) is 0 Å².